The van der Waals surface area contributed by atoms with Crippen LogP contribution in [0.5, 0.6) is 5.75 Å². The number of alkyl halides is 3. The van der Waals surface area contributed by atoms with Crippen LogP contribution in [0, 0.1) is 11.3 Å². The van der Waals surface area contributed by atoms with Gasteiger partial charge in [0.1, 0.15) is 12.4 Å². The number of halogens is 4. The van der Waals surface area contributed by atoms with E-state index in [-0.39, 0.29) is 28.5 Å². The number of hydrogen-bond donors (Lipinski definition) is 0. The lowest BCUT2D eigenvalue weighted by molar-refractivity contribution is -0.137. The van der Waals surface area contributed by atoms with Crippen molar-refractivity contribution in [1.82, 2.24) is 0 Å². The third-order valence-corrected chi connectivity index (χ3v) is 3.58. The minimum Gasteiger partial charge on any atom is -0.487 e. The molecule has 2 aromatic carbocycles. The van der Waals surface area contributed by atoms with Crippen molar-refractivity contribution in [3.63, 3.8) is 0 Å². The summed E-state index contributed by atoms with van der Waals surface area (Å²) in [6.07, 6.45) is -4.51. The maximum absolute atomic E-state index is 12.6. The summed E-state index contributed by atoms with van der Waals surface area (Å²) >= 11 is 5.82. The molecule has 0 aromatic heterocycles. The van der Waals surface area contributed by atoms with Gasteiger partial charge in [-0.2, -0.15) is 18.4 Å². The average Bonchev–Trinajstić information content (AvgIpc) is 2.59. The molecule has 0 bridgehead atoms. The van der Waals surface area contributed by atoms with Gasteiger partial charge < -0.3 is 9.47 Å². The molecule has 0 heterocycles. The van der Waals surface area contributed by atoms with Crippen LogP contribution in [0.2, 0.25) is 5.02 Å². The van der Waals surface area contributed by atoms with Crippen LogP contribution in [0.3, 0.4) is 0 Å². The number of nitrogens with zero attached hydrogens (tertiary/aromatic N) is 1. The van der Waals surface area contributed by atoms with Gasteiger partial charge in [0.25, 0.3) is 0 Å². The van der Waals surface area contributed by atoms with Gasteiger partial charge in [-0.25, -0.2) is 4.79 Å². The number of nitriles is 1. The summed E-state index contributed by atoms with van der Waals surface area (Å²) in [4.78, 5) is 11.8. The van der Waals surface area contributed by atoms with Gasteiger partial charge in [0.05, 0.1) is 34.9 Å². The van der Waals surface area contributed by atoms with Crippen LogP contribution in [0.1, 0.15) is 27.0 Å². The van der Waals surface area contributed by atoms with Gasteiger partial charge in [0, 0.05) is 5.56 Å². The van der Waals surface area contributed by atoms with Crippen LogP contribution in [0.4, 0.5) is 13.2 Å². The van der Waals surface area contributed by atoms with Gasteiger partial charge in [-0.15, -0.1) is 0 Å². The summed E-state index contributed by atoms with van der Waals surface area (Å²) in [5.74, 6) is -0.621. The van der Waals surface area contributed by atoms with Gasteiger partial charge in [-0.3, -0.25) is 0 Å². The van der Waals surface area contributed by atoms with Gasteiger partial charge in [0.15, 0.2) is 0 Å². The van der Waals surface area contributed by atoms with E-state index >= 15 is 0 Å². The molecule has 0 aliphatic carbocycles. The highest BCUT2D eigenvalue weighted by molar-refractivity contribution is 6.32. The Morgan fingerprint density at radius 2 is 1.96 bits per heavy atom. The Morgan fingerprint density at radius 3 is 2.52 bits per heavy atom. The number of rotatable bonds is 4. The van der Waals surface area contributed by atoms with Crippen LogP contribution in [-0.4, -0.2) is 13.1 Å². The Morgan fingerprint density at radius 1 is 1.24 bits per heavy atom. The Bertz CT molecular complexity index is 844. The second-order valence-corrected chi connectivity index (χ2v) is 5.31. The Balaban J connectivity index is 2.25. The predicted molar refractivity (Wildman–Crippen MR) is 83.3 cm³/mol. The summed E-state index contributed by atoms with van der Waals surface area (Å²) in [6.45, 7) is -0.138. The van der Waals surface area contributed by atoms with Gasteiger partial charge in [0.2, 0.25) is 0 Å². The van der Waals surface area contributed by atoms with Crippen molar-refractivity contribution in [1.29, 1.82) is 5.26 Å². The van der Waals surface area contributed by atoms with E-state index in [1.807, 2.05) is 6.07 Å². The highest BCUT2D eigenvalue weighted by Crippen LogP contribution is 2.35. The lowest BCUT2D eigenvalue weighted by Gasteiger charge is -2.13. The summed E-state index contributed by atoms with van der Waals surface area (Å²) < 4.78 is 47.9. The number of carbonyl (C=O) groups excluding carboxylic acids is 1. The summed E-state index contributed by atoms with van der Waals surface area (Å²) in [5.41, 5.74) is -0.0958. The van der Waals surface area contributed by atoms with E-state index in [9.17, 15) is 18.0 Å². The average molecular weight is 370 g/mol. The molecule has 0 spiro atoms. The molecule has 4 nitrogen and oxygen atoms in total. The molecule has 2 rings (SSSR count). The molecule has 25 heavy (non-hydrogen) atoms. The van der Waals surface area contributed by atoms with Crippen molar-refractivity contribution >= 4 is 17.6 Å². The van der Waals surface area contributed by atoms with Crippen LogP contribution in [-0.2, 0) is 17.5 Å². The zero-order valence-corrected chi connectivity index (χ0v) is 13.6. The SMILES string of the molecule is COC(=O)c1cc(C#N)ccc1COc1ccc(C(F)(F)F)cc1Cl. The van der Waals surface area contributed by atoms with Crippen molar-refractivity contribution in [2.75, 3.05) is 7.11 Å². The number of ether oxygens (including phenoxy) is 2. The molecule has 0 saturated carbocycles. The van der Waals surface area contributed by atoms with Crippen LogP contribution in [0.15, 0.2) is 36.4 Å². The highest BCUT2D eigenvalue weighted by atomic mass is 35.5. The highest BCUT2D eigenvalue weighted by Gasteiger charge is 2.31. The van der Waals surface area contributed by atoms with Crippen LogP contribution >= 0.6 is 11.6 Å². The smallest absolute Gasteiger partial charge is 0.416 e. The first-order valence-corrected chi connectivity index (χ1v) is 7.25. The third kappa shape index (κ3) is 4.43. The lowest BCUT2D eigenvalue weighted by Crippen LogP contribution is -2.09. The molecule has 0 aliphatic heterocycles. The summed E-state index contributed by atoms with van der Waals surface area (Å²) in [6, 6.07) is 8.95. The van der Waals surface area contributed by atoms with Crippen LogP contribution < -0.4 is 4.74 Å². The molecule has 0 amide bonds. The number of carbonyl (C=O) groups is 1. The van der Waals surface area contributed by atoms with Gasteiger partial charge in [-0.1, -0.05) is 17.7 Å². The summed E-state index contributed by atoms with van der Waals surface area (Å²) in [5, 5.41) is 8.70. The van der Waals surface area contributed by atoms with Crippen molar-refractivity contribution < 1.29 is 27.4 Å². The molecule has 0 fully saturated rings. The van der Waals surface area contributed by atoms with E-state index in [1.165, 1.54) is 25.3 Å². The fourth-order valence-electron chi connectivity index (χ4n) is 2.02. The molecule has 8 heteroatoms. The maximum atomic E-state index is 12.6. The van der Waals surface area contributed by atoms with E-state index in [0.29, 0.717) is 5.56 Å². The first kappa shape index (κ1) is 18.6. The summed E-state index contributed by atoms with van der Waals surface area (Å²) in [7, 11) is 1.19. The van der Waals surface area contributed by atoms with Crippen molar-refractivity contribution in [2.24, 2.45) is 0 Å². The topological polar surface area (TPSA) is 59.3 Å². The van der Waals surface area contributed by atoms with Gasteiger partial charge >= 0.3 is 12.1 Å². The van der Waals surface area contributed by atoms with Gasteiger partial charge in [-0.05, 0) is 30.3 Å². The van der Waals surface area contributed by atoms with E-state index in [1.54, 1.807) is 0 Å². The van der Waals surface area contributed by atoms with Crippen molar-refractivity contribution in [2.45, 2.75) is 12.8 Å². The zero-order valence-electron chi connectivity index (χ0n) is 12.9. The minimum atomic E-state index is -4.51. The molecule has 0 unspecified atom stereocenters. The normalized spacial score (nSPS) is 10.9. The number of methoxy groups -OCH3 is 1. The lowest BCUT2D eigenvalue weighted by atomic mass is 10.0. The third-order valence-electron chi connectivity index (χ3n) is 3.29. The number of benzene rings is 2. The van der Waals surface area contributed by atoms with E-state index in [4.69, 9.17) is 21.6 Å². The Kier molecular flexibility index (Phi) is 5.55. The van der Waals surface area contributed by atoms with E-state index < -0.39 is 17.7 Å². The molecule has 0 aliphatic rings. The van der Waals surface area contributed by atoms with E-state index in [2.05, 4.69) is 4.74 Å². The van der Waals surface area contributed by atoms with Crippen molar-refractivity contribution in [3.8, 4) is 11.8 Å². The molecular weight excluding hydrogens is 359 g/mol. The molecule has 0 radical (unpaired) electrons. The zero-order chi connectivity index (χ0) is 18.6. The van der Waals surface area contributed by atoms with Crippen LogP contribution in [0.25, 0.3) is 0 Å². The fourth-order valence-corrected chi connectivity index (χ4v) is 2.26. The molecule has 0 N–H and O–H groups in total. The first-order chi connectivity index (χ1) is 11.8. The second-order valence-electron chi connectivity index (χ2n) is 4.91. The first-order valence-electron chi connectivity index (χ1n) is 6.87. The molecule has 2 aromatic rings. The number of esters is 1. The largest absolute Gasteiger partial charge is 0.487 e. The number of hydrogen-bond acceptors (Lipinski definition) is 4. The Labute approximate surface area is 146 Å². The minimum absolute atomic E-state index is 0.0369. The quantitative estimate of drug-likeness (QED) is 0.739. The molecule has 0 saturated heterocycles. The Hall–Kier alpha value is -2.72. The fraction of sp³-hybridized carbons (Fsp3) is 0.176. The van der Waals surface area contributed by atoms with E-state index in [0.717, 1.165) is 18.2 Å². The monoisotopic (exact) mass is 369 g/mol. The maximum Gasteiger partial charge on any atom is 0.416 e. The molecule has 0 atom stereocenters. The molecular formula is C17H11ClF3NO3. The predicted octanol–water partition coefficient (Wildman–Crippen LogP) is 4.60. The molecule has 130 valence electrons. The second kappa shape index (κ2) is 7.45. The standard InChI is InChI=1S/C17H11ClF3NO3/c1-24-16(23)13-6-10(8-22)2-3-11(13)9-25-15-5-4-12(7-14(15)18)17(19,20)21/h2-7H,9H2,1H3. The van der Waals surface area contributed by atoms with Crippen molar-refractivity contribution in [3.05, 3.63) is 63.7 Å².